The number of hydrogen-bond acceptors (Lipinski definition) is 3. The molecule has 2 aromatic rings. The molecule has 80 valence electrons. The molecule has 0 heterocycles. The predicted molar refractivity (Wildman–Crippen MR) is 61.2 cm³/mol. The average molecular weight is 213 g/mol. The largest absolute Gasteiger partial charge is 0.467 e. The highest BCUT2D eigenvalue weighted by molar-refractivity contribution is 5.92. The molecule has 3 nitrogen and oxygen atoms in total. The van der Waals surface area contributed by atoms with Gasteiger partial charge in [-0.3, -0.25) is 0 Å². The van der Waals surface area contributed by atoms with Gasteiger partial charge < -0.3 is 9.47 Å². The van der Waals surface area contributed by atoms with E-state index in [1.54, 1.807) is 19.2 Å². The van der Waals surface area contributed by atoms with E-state index < -0.39 is 0 Å². The lowest BCUT2D eigenvalue weighted by atomic mass is 10.0. The maximum Gasteiger partial charge on any atom is 0.188 e. The third kappa shape index (κ3) is 1.83. The van der Waals surface area contributed by atoms with Crippen LogP contribution in [0, 0.1) is 11.3 Å². The van der Waals surface area contributed by atoms with Crippen molar-refractivity contribution in [3.63, 3.8) is 0 Å². The quantitative estimate of drug-likeness (QED) is 0.736. The van der Waals surface area contributed by atoms with E-state index in [4.69, 9.17) is 14.7 Å². The Bertz CT molecular complexity index is 543. The van der Waals surface area contributed by atoms with Gasteiger partial charge in [0.15, 0.2) is 6.79 Å². The van der Waals surface area contributed by atoms with Crippen molar-refractivity contribution in [2.24, 2.45) is 0 Å². The zero-order chi connectivity index (χ0) is 11.4. The van der Waals surface area contributed by atoms with Crippen LogP contribution in [-0.2, 0) is 4.74 Å². The fourth-order valence-corrected chi connectivity index (χ4v) is 1.62. The number of hydrogen-bond donors (Lipinski definition) is 0. The molecule has 3 heteroatoms. The Balaban J connectivity index is 2.57. The predicted octanol–water partition coefficient (Wildman–Crippen LogP) is 2.69. The minimum Gasteiger partial charge on any atom is -0.467 e. The SMILES string of the molecule is COCOc1ccc(C#N)c2ccccc12. The highest BCUT2D eigenvalue weighted by atomic mass is 16.7. The van der Waals surface area contributed by atoms with E-state index in [1.807, 2.05) is 24.3 Å². The summed E-state index contributed by atoms with van der Waals surface area (Å²) in [6.07, 6.45) is 0. The molecule has 0 saturated heterocycles. The Morgan fingerprint density at radius 3 is 2.56 bits per heavy atom. The van der Waals surface area contributed by atoms with Crippen LogP contribution in [0.2, 0.25) is 0 Å². The zero-order valence-electron chi connectivity index (χ0n) is 8.93. The first-order valence-corrected chi connectivity index (χ1v) is 4.90. The second kappa shape index (κ2) is 4.65. The number of methoxy groups -OCH3 is 1. The highest BCUT2D eigenvalue weighted by Crippen LogP contribution is 2.28. The lowest BCUT2D eigenvalue weighted by Crippen LogP contribution is -1.99. The van der Waals surface area contributed by atoms with Crippen LogP contribution in [0.1, 0.15) is 5.56 Å². The first-order chi connectivity index (χ1) is 7.86. The van der Waals surface area contributed by atoms with Crippen molar-refractivity contribution >= 4 is 10.8 Å². The van der Waals surface area contributed by atoms with Gasteiger partial charge in [-0.2, -0.15) is 5.26 Å². The molecule has 0 spiro atoms. The molecule has 2 aromatic carbocycles. The smallest absolute Gasteiger partial charge is 0.188 e. The van der Waals surface area contributed by atoms with Crippen molar-refractivity contribution in [3.8, 4) is 11.8 Å². The van der Waals surface area contributed by atoms with Crippen molar-refractivity contribution in [2.45, 2.75) is 0 Å². The van der Waals surface area contributed by atoms with Gasteiger partial charge in [0.25, 0.3) is 0 Å². The van der Waals surface area contributed by atoms with Crippen LogP contribution in [-0.4, -0.2) is 13.9 Å². The summed E-state index contributed by atoms with van der Waals surface area (Å²) in [6, 6.07) is 13.4. The van der Waals surface area contributed by atoms with Gasteiger partial charge in [-0.1, -0.05) is 24.3 Å². The molecule has 0 atom stereocenters. The van der Waals surface area contributed by atoms with E-state index in [-0.39, 0.29) is 6.79 Å². The second-order valence-corrected chi connectivity index (χ2v) is 3.32. The number of benzene rings is 2. The molecule has 2 rings (SSSR count). The van der Waals surface area contributed by atoms with E-state index in [0.717, 1.165) is 16.5 Å². The molecule has 16 heavy (non-hydrogen) atoms. The van der Waals surface area contributed by atoms with Crippen LogP contribution >= 0.6 is 0 Å². The molecular weight excluding hydrogens is 202 g/mol. The van der Waals surface area contributed by atoms with Crippen LogP contribution in [0.5, 0.6) is 5.75 Å². The number of fused-ring (bicyclic) bond motifs is 1. The van der Waals surface area contributed by atoms with Crippen LogP contribution in [0.4, 0.5) is 0 Å². The van der Waals surface area contributed by atoms with E-state index in [2.05, 4.69) is 6.07 Å². The van der Waals surface area contributed by atoms with Crippen molar-refractivity contribution in [3.05, 3.63) is 42.0 Å². The summed E-state index contributed by atoms with van der Waals surface area (Å²) >= 11 is 0. The highest BCUT2D eigenvalue weighted by Gasteiger charge is 2.05. The molecule has 0 aliphatic carbocycles. The first-order valence-electron chi connectivity index (χ1n) is 4.90. The van der Waals surface area contributed by atoms with Gasteiger partial charge in [0.2, 0.25) is 0 Å². The molecule has 0 saturated carbocycles. The molecule has 0 amide bonds. The molecule has 0 radical (unpaired) electrons. The van der Waals surface area contributed by atoms with Crippen LogP contribution in [0.3, 0.4) is 0 Å². The molecular formula is C13H11NO2. The normalized spacial score (nSPS) is 10.0. The molecule has 0 bridgehead atoms. The second-order valence-electron chi connectivity index (χ2n) is 3.32. The van der Waals surface area contributed by atoms with Gasteiger partial charge in [-0.15, -0.1) is 0 Å². The number of rotatable bonds is 3. The van der Waals surface area contributed by atoms with E-state index in [9.17, 15) is 0 Å². The zero-order valence-corrected chi connectivity index (χ0v) is 8.93. The fourth-order valence-electron chi connectivity index (χ4n) is 1.62. The minimum atomic E-state index is 0.204. The maximum absolute atomic E-state index is 8.99. The fraction of sp³-hybridized carbons (Fsp3) is 0.154. The molecule has 0 aromatic heterocycles. The summed E-state index contributed by atoms with van der Waals surface area (Å²) in [5.41, 5.74) is 0.653. The summed E-state index contributed by atoms with van der Waals surface area (Å²) in [4.78, 5) is 0. The third-order valence-corrected chi connectivity index (χ3v) is 2.34. The first kappa shape index (κ1) is 10.5. The third-order valence-electron chi connectivity index (χ3n) is 2.34. The van der Waals surface area contributed by atoms with E-state index in [0.29, 0.717) is 5.56 Å². The van der Waals surface area contributed by atoms with Gasteiger partial charge >= 0.3 is 0 Å². The standard InChI is InChI=1S/C13H11NO2/c1-15-9-16-13-7-6-10(8-14)11-4-2-3-5-12(11)13/h2-7H,9H2,1H3. The number of nitrogens with zero attached hydrogens (tertiary/aromatic N) is 1. The minimum absolute atomic E-state index is 0.204. The molecule has 0 N–H and O–H groups in total. The maximum atomic E-state index is 8.99. The Labute approximate surface area is 93.8 Å². The van der Waals surface area contributed by atoms with Crippen LogP contribution in [0.25, 0.3) is 10.8 Å². The summed E-state index contributed by atoms with van der Waals surface area (Å²) in [5, 5.41) is 10.8. The van der Waals surface area contributed by atoms with Crippen LogP contribution in [0.15, 0.2) is 36.4 Å². The summed E-state index contributed by atoms with van der Waals surface area (Å²) in [6.45, 7) is 0.204. The topological polar surface area (TPSA) is 42.2 Å². The Kier molecular flexibility index (Phi) is 3.04. The van der Waals surface area contributed by atoms with Crippen LogP contribution < -0.4 is 4.74 Å². The van der Waals surface area contributed by atoms with Crippen molar-refractivity contribution in [1.82, 2.24) is 0 Å². The summed E-state index contributed by atoms with van der Waals surface area (Å²) < 4.78 is 10.3. The van der Waals surface area contributed by atoms with Crippen molar-refractivity contribution < 1.29 is 9.47 Å². The van der Waals surface area contributed by atoms with Crippen molar-refractivity contribution in [1.29, 1.82) is 5.26 Å². The molecule has 0 aliphatic heterocycles. The Hall–Kier alpha value is -2.05. The van der Waals surface area contributed by atoms with Gasteiger partial charge in [-0.05, 0) is 12.1 Å². The Morgan fingerprint density at radius 2 is 1.88 bits per heavy atom. The van der Waals surface area contributed by atoms with Gasteiger partial charge in [0.1, 0.15) is 5.75 Å². The average Bonchev–Trinajstić information content (AvgIpc) is 2.36. The summed E-state index contributed by atoms with van der Waals surface area (Å²) in [7, 11) is 1.58. The monoisotopic (exact) mass is 213 g/mol. The van der Waals surface area contributed by atoms with Crippen molar-refractivity contribution in [2.75, 3.05) is 13.9 Å². The lowest BCUT2D eigenvalue weighted by molar-refractivity contribution is 0.0522. The molecule has 0 aliphatic rings. The van der Waals surface area contributed by atoms with Gasteiger partial charge in [0, 0.05) is 17.9 Å². The van der Waals surface area contributed by atoms with E-state index >= 15 is 0 Å². The Morgan fingerprint density at radius 1 is 1.12 bits per heavy atom. The number of nitriles is 1. The lowest BCUT2D eigenvalue weighted by Gasteiger charge is -2.08. The molecule has 0 unspecified atom stereocenters. The van der Waals surface area contributed by atoms with E-state index in [1.165, 1.54) is 0 Å². The van der Waals surface area contributed by atoms with Gasteiger partial charge in [0.05, 0.1) is 11.6 Å². The molecule has 0 fully saturated rings. The van der Waals surface area contributed by atoms with Gasteiger partial charge in [-0.25, -0.2) is 0 Å². The summed E-state index contributed by atoms with van der Waals surface area (Å²) in [5.74, 6) is 0.733. The number of ether oxygens (including phenoxy) is 2.